The highest BCUT2D eigenvalue weighted by Crippen LogP contribution is 2.55. The highest BCUT2D eigenvalue weighted by atomic mass is 16.6. The van der Waals surface area contributed by atoms with Gasteiger partial charge in [-0.15, -0.1) is 0 Å². The van der Waals surface area contributed by atoms with Crippen LogP contribution in [-0.4, -0.2) is 73.5 Å². The van der Waals surface area contributed by atoms with Crippen LogP contribution in [0.1, 0.15) is 43.9 Å². The van der Waals surface area contributed by atoms with E-state index in [0.29, 0.717) is 22.3 Å². The monoisotopic (exact) mass is 591 g/mol. The van der Waals surface area contributed by atoms with Crippen molar-refractivity contribution in [2.24, 2.45) is 17.6 Å². The Bertz CT molecular complexity index is 1700. The summed E-state index contributed by atoms with van der Waals surface area (Å²) in [5.41, 5.74) is 2.38. The van der Waals surface area contributed by atoms with Gasteiger partial charge in [0, 0.05) is 29.2 Å². The van der Waals surface area contributed by atoms with Crippen molar-refractivity contribution in [1.82, 2.24) is 4.90 Å². The molecule has 5 rings (SSSR count). The van der Waals surface area contributed by atoms with Gasteiger partial charge >= 0.3 is 0 Å². The van der Waals surface area contributed by atoms with E-state index in [1.54, 1.807) is 12.1 Å². The average Bonchev–Trinajstić information content (AvgIpc) is 2.89. The van der Waals surface area contributed by atoms with Gasteiger partial charge in [-0.3, -0.25) is 29.4 Å². The number of Topliss-reactive ketones (excluding diaryl/α,β-unsaturated/α-hetero) is 2. The van der Waals surface area contributed by atoms with E-state index in [1.165, 1.54) is 37.2 Å². The molecule has 4 atom stereocenters. The molecule has 3 aliphatic rings. The molecule has 43 heavy (non-hydrogen) atoms. The first-order chi connectivity index (χ1) is 19.9. The van der Waals surface area contributed by atoms with Crippen LogP contribution in [0.15, 0.2) is 47.2 Å². The number of amides is 1. The molecule has 226 valence electrons. The van der Waals surface area contributed by atoms with Gasteiger partial charge in [-0.2, -0.15) is 0 Å². The molecule has 12 nitrogen and oxygen atoms in total. The minimum absolute atomic E-state index is 0.0601. The number of non-ortho nitro benzene ring substituents is 1. The maximum absolute atomic E-state index is 14.2. The molecule has 0 heterocycles. The van der Waals surface area contributed by atoms with Gasteiger partial charge in [-0.05, 0) is 61.0 Å². The minimum atomic E-state index is -2.75. The fourth-order valence-electron chi connectivity index (χ4n) is 6.93. The fraction of sp³-hybridized carbons (Fsp3) is 0.387. The zero-order valence-electron chi connectivity index (χ0n) is 24.3. The number of benzene rings is 2. The highest BCUT2D eigenvalue weighted by Gasteiger charge is 2.64. The first-order valence-corrected chi connectivity index (χ1v) is 13.7. The molecule has 2 aromatic rings. The van der Waals surface area contributed by atoms with Crippen molar-refractivity contribution >= 4 is 28.9 Å². The van der Waals surface area contributed by atoms with Crippen LogP contribution in [0.25, 0.3) is 16.9 Å². The molecule has 1 saturated carbocycles. The van der Waals surface area contributed by atoms with Crippen LogP contribution in [0.5, 0.6) is 5.75 Å². The number of rotatable bonds is 4. The first-order valence-electron chi connectivity index (χ1n) is 13.7. The Morgan fingerprint density at radius 2 is 1.79 bits per heavy atom. The number of hydrogen-bond acceptors (Lipinski definition) is 10. The Morgan fingerprint density at radius 1 is 1.14 bits per heavy atom. The predicted octanol–water partition coefficient (Wildman–Crippen LogP) is 2.84. The van der Waals surface area contributed by atoms with Crippen LogP contribution in [-0.2, 0) is 26.2 Å². The SMILES string of the molecule is CN(C)[C@@H]1C(=O)C(C(N)=O)=C(O)[C@@]2(O)C(=O)C3=C(O)c4c(O)c(C(C)(C)C)cc(-c5cccc([N+](=O)[O-])c5)c4C[C@H]3C[C@@H]12. The highest BCUT2D eigenvalue weighted by molar-refractivity contribution is 6.24. The van der Waals surface area contributed by atoms with E-state index in [9.17, 15) is 44.9 Å². The second kappa shape index (κ2) is 9.75. The number of aromatic hydroxyl groups is 1. The molecule has 1 amide bonds. The zero-order valence-corrected chi connectivity index (χ0v) is 24.3. The van der Waals surface area contributed by atoms with Crippen molar-refractivity contribution in [3.63, 3.8) is 0 Å². The summed E-state index contributed by atoms with van der Waals surface area (Å²) in [6.07, 6.45) is -0.00747. The van der Waals surface area contributed by atoms with E-state index in [1.807, 2.05) is 20.8 Å². The number of nitro groups is 1. The Kier molecular flexibility index (Phi) is 6.78. The third-order valence-electron chi connectivity index (χ3n) is 8.90. The third-order valence-corrected chi connectivity index (χ3v) is 8.90. The predicted molar refractivity (Wildman–Crippen MR) is 155 cm³/mol. The van der Waals surface area contributed by atoms with Crippen LogP contribution in [0.4, 0.5) is 5.69 Å². The van der Waals surface area contributed by atoms with E-state index >= 15 is 0 Å². The van der Waals surface area contributed by atoms with Gasteiger partial charge < -0.3 is 26.2 Å². The van der Waals surface area contributed by atoms with Gasteiger partial charge in [0.05, 0.1) is 16.5 Å². The number of carbonyl (C=O) groups excluding carboxylic acids is 3. The number of primary amides is 1. The molecule has 0 aromatic heterocycles. The van der Waals surface area contributed by atoms with Crippen molar-refractivity contribution in [1.29, 1.82) is 0 Å². The van der Waals surface area contributed by atoms with E-state index < -0.39 is 68.4 Å². The van der Waals surface area contributed by atoms with Gasteiger partial charge in [0.2, 0.25) is 5.78 Å². The molecule has 0 spiro atoms. The summed E-state index contributed by atoms with van der Waals surface area (Å²) in [4.78, 5) is 52.1. The van der Waals surface area contributed by atoms with E-state index in [2.05, 4.69) is 0 Å². The summed E-state index contributed by atoms with van der Waals surface area (Å²) in [5.74, 6) is -7.32. The second-order valence-corrected chi connectivity index (χ2v) is 12.7. The molecule has 3 aliphatic carbocycles. The maximum atomic E-state index is 14.2. The molecule has 0 radical (unpaired) electrons. The number of nitro benzene ring substituents is 1. The van der Waals surface area contributed by atoms with E-state index in [0.717, 1.165) is 0 Å². The smallest absolute Gasteiger partial charge is 0.270 e. The molecule has 0 saturated heterocycles. The van der Waals surface area contributed by atoms with E-state index in [4.69, 9.17) is 5.73 Å². The number of nitrogens with two attached hydrogens (primary N) is 1. The quantitative estimate of drug-likeness (QED) is 0.200. The number of phenolic OH excluding ortho intramolecular Hbond substituents is 1. The second-order valence-electron chi connectivity index (χ2n) is 12.7. The Morgan fingerprint density at radius 3 is 2.35 bits per heavy atom. The Labute approximate surface area is 246 Å². The zero-order chi connectivity index (χ0) is 31.9. The number of aliphatic hydroxyl groups is 3. The van der Waals surface area contributed by atoms with Crippen LogP contribution < -0.4 is 5.73 Å². The number of fused-ring (bicyclic) bond motifs is 3. The van der Waals surface area contributed by atoms with Gasteiger partial charge in [0.1, 0.15) is 22.8 Å². The van der Waals surface area contributed by atoms with Crippen molar-refractivity contribution in [3.8, 4) is 16.9 Å². The van der Waals surface area contributed by atoms with Crippen LogP contribution in [0, 0.1) is 22.0 Å². The lowest BCUT2D eigenvalue weighted by Gasteiger charge is -2.50. The first kappa shape index (κ1) is 29.9. The topological polar surface area (TPSA) is 205 Å². The maximum Gasteiger partial charge on any atom is 0.270 e. The molecule has 2 aromatic carbocycles. The van der Waals surface area contributed by atoms with Crippen LogP contribution in [0.3, 0.4) is 0 Å². The molecule has 0 unspecified atom stereocenters. The van der Waals surface area contributed by atoms with Gasteiger partial charge in [0.25, 0.3) is 11.6 Å². The summed E-state index contributed by atoms with van der Waals surface area (Å²) < 4.78 is 0. The number of nitrogens with zero attached hydrogens (tertiary/aromatic N) is 2. The Hall–Kier alpha value is -4.55. The molecular weight excluding hydrogens is 558 g/mol. The van der Waals surface area contributed by atoms with Crippen molar-refractivity contribution in [2.75, 3.05) is 14.1 Å². The van der Waals surface area contributed by atoms with Gasteiger partial charge in [-0.1, -0.05) is 32.9 Å². The number of aliphatic hydroxyl groups excluding tert-OH is 2. The average molecular weight is 592 g/mol. The standard InChI is InChI=1S/C31H33N3O9/c1-30(2,3)19-12-16(13-7-6-8-15(9-13)34(42)43)17-10-14-11-18-23(33(4)5)26(37)22(29(32)40)28(39)31(18,41)27(38)20(14)25(36)21(17)24(19)35/h6-9,12,14,18,23,35-36,39,41H,10-11H2,1-5H3,(H2,32,40)/t14-,18-,23-,31-/m0/s1. The molecule has 6 N–H and O–H groups in total. The lowest BCUT2D eigenvalue weighted by Crippen LogP contribution is -2.65. The fourth-order valence-corrected chi connectivity index (χ4v) is 6.93. The number of likely N-dealkylation sites (N-methyl/N-ethyl adjacent to an activating group) is 1. The normalized spacial score (nSPS) is 25.4. The number of phenols is 1. The third kappa shape index (κ3) is 4.23. The summed E-state index contributed by atoms with van der Waals surface area (Å²) in [6.45, 7) is 5.49. The molecule has 12 heteroatoms. The lowest BCUT2D eigenvalue weighted by molar-refractivity contribution is -0.384. The largest absolute Gasteiger partial charge is 0.508 e. The van der Waals surface area contributed by atoms with E-state index in [-0.39, 0.29) is 35.4 Å². The number of hydrogen-bond donors (Lipinski definition) is 5. The molecular formula is C31H33N3O9. The summed E-state index contributed by atoms with van der Waals surface area (Å²) in [7, 11) is 3.06. The molecule has 0 bridgehead atoms. The van der Waals surface area contributed by atoms with Crippen molar-refractivity contribution in [2.45, 2.75) is 50.7 Å². The van der Waals surface area contributed by atoms with Crippen LogP contribution in [0.2, 0.25) is 0 Å². The Balaban J connectivity index is 1.82. The molecule has 1 fully saturated rings. The van der Waals surface area contributed by atoms with Crippen molar-refractivity contribution < 1.29 is 39.7 Å². The minimum Gasteiger partial charge on any atom is -0.508 e. The number of carbonyl (C=O) groups is 3. The van der Waals surface area contributed by atoms with Gasteiger partial charge in [0.15, 0.2) is 11.4 Å². The van der Waals surface area contributed by atoms with Crippen LogP contribution >= 0.6 is 0 Å². The van der Waals surface area contributed by atoms with Crippen molar-refractivity contribution in [3.05, 3.63) is 74.0 Å². The molecule has 0 aliphatic heterocycles. The summed E-state index contributed by atoms with van der Waals surface area (Å²) >= 11 is 0. The number of ketones is 2. The lowest BCUT2D eigenvalue weighted by atomic mass is 9.57. The summed E-state index contributed by atoms with van der Waals surface area (Å²) in [5, 5.41) is 57.7. The summed E-state index contributed by atoms with van der Waals surface area (Å²) in [6, 6.07) is 6.44. The van der Waals surface area contributed by atoms with Gasteiger partial charge in [-0.25, -0.2) is 0 Å².